The molecule has 1 aromatic heterocycles. The number of aliphatic imine (C=N–C) groups is 1. The molecule has 6 rings (SSSR count). The monoisotopic (exact) mass is 462 g/mol. The maximum Gasteiger partial charge on any atom is 0.187 e. The predicted molar refractivity (Wildman–Crippen MR) is 124 cm³/mol. The molecule has 3 heterocycles. The van der Waals surface area contributed by atoms with E-state index in [2.05, 4.69) is 9.56 Å². The van der Waals surface area contributed by atoms with Gasteiger partial charge in [0.15, 0.2) is 17.4 Å². The number of benzene rings is 3. The highest BCUT2D eigenvalue weighted by Gasteiger charge is 2.29. The van der Waals surface area contributed by atoms with Crippen molar-refractivity contribution in [1.29, 1.82) is 0 Å². The second-order valence-corrected chi connectivity index (χ2v) is 8.79. The second kappa shape index (κ2) is 8.02. The second-order valence-electron chi connectivity index (χ2n) is 8.79. The molecule has 0 atom stereocenters. The standard InChI is InChI=1S/C27H21F3N2O2/c28-19-1-3-20(4-2-19)32-24-12-18-14-31-13-17(18)9-21(24)25(26(32)15-5-7-34-8-6-15)16-10-22(29)27(33)23(30)11-16/h1-4,9-12,14-15,33H,5-8,13H2. The molecule has 0 spiro atoms. The van der Waals surface area contributed by atoms with Gasteiger partial charge in [-0.2, -0.15) is 0 Å². The predicted octanol–water partition coefficient (Wildman–Crippen LogP) is 6.25. The smallest absolute Gasteiger partial charge is 0.187 e. The van der Waals surface area contributed by atoms with Crippen LogP contribution in [0.2, 0.25) is 0 Å². The zero-order valence-corrected chi connectivity index (χ0v) is 18.2. The molecule has 1 fully saturated rings. The van der Waals surface area contributed by atoms with Crippen molar-refractivity contribution >= 4 is 17.1 Å². The van der Waals surface area contributed by atoms with Crippen molar-refractivity contribution in [3.63, 3.8) is 0 Å². The third kappa shape index (κ3) is 3.30. The number of nitrogens with zero attached hydrogens (tertiary/aromatic N) is 2. The van der Waals surface area contributed by atoms with Crippen molar-refractivity contribution in [2.75, 3.05) is 13.2 Å². The van der Waals surface area contributed by atoms with E-state index in [9.17, 15) is 18.3 Å². The van der Waals surface area contributed by atoms with Gasteiger partial charge < -0.3 is 14.4 Å². The summed E-state index contributed by atoms with van der Waals surface area (Å²) in [6, 6.07) is 12.6. The highest BCUT2D eigenvalue weighted by molar-refractivity contribution is 6.03. The number of ether oxygens (including phenoxy) is 1. The summed E-state index contributed by atoms with van der Waals surface area (Å²) in [5, 5.41) is 10.6. The Labute approximate surface area is 193 Å². The third-order valence-electron chi connectivity index (χ3n) is 6.76. The Morgan fingerprint density at radius 3 is 2.35 bits per heavy atom. The molecular weight excluding hydrogens is 441 g/mol. The van der Waals surface area contributed by atoms with Gasteiger partial charge in [0.05, 0.1) is 12.1 Å². The van der Waals surface area contributed by atoms with Crippen LogP contribution in [0.25, 0.3) is 27.7 Å². The first kappa shape index (κ1) is 21.0. The Kier molecular flexibility index (Phi) is 4.95. The normalized spacial score (nSPS) is 15.9. The van der Waals surface area contributed by atoms with E-state index < -0.39 is 17.4 Å². The minimum absolute atomic E-state index is 0.0598. The van der Waals surface area contributed by atoms with E-state index in [0.717, 1.165) is 46.3 Å². The number of phenols is 1. The summed E-state index contributed by atoms with van der Waals surface area (Å²) in [6.07, 6.45) is 3.31. The van der Waals surface area contributed by atoms with Gasteiger partial charge in [0, 0.05) is 47.7 Å². The number of aromatic hydroxyl groups is 1. The first-order valence-electron chi connectivity index (χ1n) is 11.2. The quantitative estimate of drug-likeness (QED) is 0.391. The van der Waals surface area contributed by atoms with Crippen molar-refractivity contribution in [2.45, 2.75) is 25.3 Å². The topological polar surface area (TPSA) is 46.8 Å². The molecular formula is C27H21F3N2O2. The van der Waals surface area contributed by atoms with Crippen molar-refractivity contribution in [3.05, 3.63) is 82.8 Å². The van der Waals surface area contributed by atoms with E-state index in [1.165, 1.54) is 24.3 Å². The van der Waals surface area contributed by atoms with Crippen molar-refractivity contribution < 1.29 is 23.0 Å². The third-order valence-corrected chi connectivity index (χ3v) is 6.76. The lowest BCUT2D eigenvalue weighted by Crippen LogP contribution is -2.17. The number of halogens is 3. The molecule has 4 aromatic rings. The molecule has 0 bridgehead atoms. The van der Waals surface area contributed by atoms with Crippen LogP contribution < -0.4 is 0 Å². The summed E-state index contributed by atoms with van der Waals surface area (Å²) in [6.45, 7) is 1.70. The molecule has 2 aliphatic rings. The highest BCUT2D eigenvalue weighted by Crippen LogP contribution is 2.45. The highest BCUT2D eigenvalue weighted by atomic mass is 19.1. The van der Waals surface area contributed by atoms with Gasteiger partial charge in [-0.15, -0.1) is 0 Å². The molecule has 2 aliphatic heterocycles. The van der Waals surface area contributed by atoms with E-state index in [4.69, 9.17) is 4.74 Å². The largest absolute Gasteiger partial charge is 0.503 e. The number of aromatic nitrogens is 1. The summed E-state index contributed by atoms with van der Waals surface area (Å²) in [5.74, 6) is -3.30. The van der Waals surface area contributed by atoms with Gasteiger partial charge in [0.1, 0.15) is 5.82 Å². The molecule has 0 aliphatic carbocycles. The first-order chi connectivity index (χ1) is 16.5. The van der Waals surface area contributed by atoms with E-state index in [1.807, 2.05) is 18.3 Å². The fourth-order valence-corrected chi connectivity index (χ4v) is 5.15. The zero-order valence-electron chi connectivity index (χ0n) is 18.2. The maximum absolute atomic E-state index is 14.5. The molecule has 0 radical (unpaired) electrons. The summed E-state index contributed by atoms with van der Waals surface area (Å²) >= 11 is 0. The molecule has 172 valence electrons. The van der Waals surface area contributed by atoms with Gasteiger partial charge in [-0.3, -0.25) is 4.99 Å². The van der Waals surface area contributed by atoms with E-state index in [1.54, 1.807) is 12.1 Å². The number of rotatable bonds is 3. The molecule has 34 heavy (non-hydrogen) atoms. The van der Waals surface area contributed by atoms with Crippen LogP contribution >= 0.6 is 0 Å². The Balaban J connectivity index is 1.74. The molecule has 0 saturated carbocycles. The lowest BCUT2D eigenvalue weighted by atomic mass is 9.89. The SMILES string of the molecule is Oc1c(F)cc(-c2c(C3CCOCC3)n(-c3ccc(F)cc3)c3cc4c(cc23)CN=C4)cc1F. The lowest BCUT2D eigenvalue weighted by Gasteiger charge is -2.26. The summed E-state index contributed by atoms with van der Waals surface area (Å²) < 4.78 is 50.5. The first-order valence-corrected chi connectivity index (χ1v) is 11.2. The van der Waals surface area contributed by atoms with Gasteiger partial charge in [0.25, 0.3) is 0 Å². The molecule has 1 saturated heterocycles. The van der Waals surface area contributed by atoms with Crippen LogP contribution in [-0.4, -0.2) is 29.1 Å². The van der Waals surface area contributed by atoms with Crippen LogP contribution in [0, 0.1) is 17.5 Å². The fourth-order valence-electron chi connectivity index (χ4n) is 5.15. The zero-order chi connectivity index (χ0) is 23.4. The van der Waals surface area contributed by atoms with Crippen molar-refractivity contribution in [3.8, 4) is 22.6 Å². The Hall–Kier alpha value is -3.58. The number of fused-ring (bicyclic) bond motifs is 2. The lowest BCUT2D eigenvalue weighted by molar-refractivity contribution is 0.0843. The molecule has 7 heteroatoms. The number of phenolic OH excluding ortho intramolecular Hbond substituents is 1. The van der Waals surface area contributed by atoms with Crippen LogP contribution in [0.1, 0.15) is 35.6 Å². The van der Waals surface area contributed by atoms with Crippen molar-refractivity contribution in [1.82, 2.24) is 4.57 Å². The Bertz CT molecular complexity index is 1430. The summed E-state index contributed by atoms with van der Waals surface area (Å²) in [7, 11) is 0. The molecule has 3 aromatic carbocycles. The summed E-state index contributed by atoms with van der Waals surface area (Å²) in [5.41, 5.74) is 5.58. The van der Waals surface area contributed by atoms with Crippen LogP contribution in [-0.2, 0) is 11.3 Å². The molecule has 4 nitrogen and oxygen atoms in total. The average molecular weight is 462 g/mol. The van der Waals surface area contributed by atoms with Crippen LogP contribution in [0.5, 0.6) is 5.75 Å². The van der Waals surface area contributed by atoms with E-state index in [-0.39, 0.29) is 11.7 Å². The summed E-state index contributed by atoms with van der Waals surface area (Å²) in [4.78, 5) is 4.37. The van der Waals surface area contributed by atoms with Gasteiger partial charge in [-0.25, -0.2) is 13.2 Å². The van der Waals surface area contributed by atoms with Gasteiger partial charge in [-0.1, -0.05) is 0 Å². The number of hydrogen-bond donors (Lipinski definition) is 1. The Morgan fingerprint density at radius 1 is 0.941 bits per heavy atom. The van der Waals surface area contributed by atoms with Gasteiger partial charge in [-0.05, 0) is 78.1 Å². The average Bonchev–Trinajstić information content (AvgIpc) is 3.43. The van der Waals surface area contributed by atoms with Crippen molar-refractivity contribution in [2.24, 2.45) is 4.99 Å². The molecule has 0 unspecified atom stereocenters. The van der Waals surface area contributed by atoms with E-state index in [0.29, 0.717) is 30.9 Å². The van der Waals surface area contributed by atoms with E-state index >= 15 is 0 Å². The Morgan fingerprint density at radius 2 is 1.65 bits per heavy atom. The maximum atomic E-state index is 14.5. The van der Waals surface area contributed by atoms with Gasteiger partial charge >= 0.3 is 0 Å². The van der Waals surface area contributed by atoms with Crippen LogP contribution in [0.15, 0.2) is 53.5 Å². The minimum Gasteiger partial charge on any atom is -0.503 e. The van der Waals surface area contributed by atoms with Crippen LogP contribution in [0.3, 0.4) is 0 Å². The minimum atomic E-state index is -1.01. The van der Waals surface area contributed by atoms with Gasteiger partial charge in [0.2, 0.25) is 0 Å². The van der Waals surface area contributed by atoms with Crippen LogP contribution in [0.4, 0.5) is 13.2 Å². The molecule has 0 amide bonds. The fraction of sp³-hybridized carbons (Fsp3) is 0.222. The molecule has 1 N–H and O–H groups in total. The number of hydrogen-bond acceptors (Lipinski definition) is 3.